The summed E-state index contributed by atoms with van der Waals surface area (Å²) in [7, 11) is -3.76. The summed E-state index contributed by atoms with van der Waals surface area (Å²) < 4.78 is 27.4. The van der Waals surface area contributed by atoms with Crippen molar-refractivity contribution in [2.75, 3.05) is 23.7 Å². The van der Waals surface area contributed by atoms with Crippen molar-refractivity contribution in [2.45, 2.75) is 90.1 Å². The van der Waals surface area contributed by atoms with Crippen LogP contribution >= 0.6 is 0 Å². The SMILES string of the molecule is CCCNC(=O)[C@@H](CC)N(Cc1ccc(C)cc1)C(=O)CN(c1ccc(C23CC4CC(CC(C4)C2)C3)cc1)S(C)(=O)=O. The quantitative estimate of drug-likeness (QED) is 0.349. The fourth-order valence-corrected chi connectivity index (χ4v) is 9.08. The lowest BCUT2D eigenvalue weighted by atomic mass is 9.48. The summed E-state index contributed by atoms with van der Waals surface area (Å²) in [6.45, 7) is 6.24. The Hall–Kier alpha value is -2.87. The molecular formula is C34H47N3O4S. The van der Waals surface area contributed by atoms with Crippen molar-refractivity contribution in [2.24, 2.45) is 17.8 Å². The number of carbonyl (C=O) groups is 2. The van der Waals surface area contributed by atoms with Crippen LogP contribution in [0.3, 0.4) is 0 Å². The Morgan fingerprint density at radius 2 is 1.50 bits per heavy atom. The molecule has 0 heterocycles. The molecule has 4 aliphatic carbocycles. The van der Waals surface area contributed by atoms with Gasteiger partial charge in [-0.2, -0.15) is 0 Å². The zero-order valence-electron chi connectivity index (χ0n) is 25.6. The van der Waals surface area contributed by atoms with Gasteiger partial charge in [0.25, 0.3) is 0 Å². The summed E-state index contributed by atoms with van der Waals surface area (Å²) in [5.74, 6) is 1.85. The predicted molar refractivity (Wildman–Crippen MR) is 168 cm³/mol. The summed E-state index contributed by atoms with van der Waals surface area (Å²) in [6, 6.07) is 15.1. The van der Waals surface area contributed by atoms with Gasteiger partial charge >= 0.3 is 0 Å². The number of benzene rings is 2. The third-order valence-corrected chi connectivity index (χ3v) is 11.0. The van der Waals surface area contributed by atoms with Crippen molar-refractivity contribution < 1.29 is 18.0 Å². The molecule has 0 saturated heterocycles. The Morgan fingerprint density at radius 1 is 0.929 bits per heavy atom. The zero-order chi connectivity index (χ0) is 30.1. The van der Waals surface area contributed by atoms with E-state index < -0.39 is 22.0 Å². The number of aryl methyl sites for hydroxylation is 1. The van der Waals surface area contributed by atoms with E-state index in [0.717, 1.165) is 41.6 Å². The minimum absolute atomic E-state index is 0.212. The first kappa shape index (κ1) is 30.6. The molecule has 228 valence electrons. The molecule has 4 aliphatic rings. The number of nitrogens with one attached hydrogen (secondary N) is 1. The summed E-state index contributed by atoms with van der Waals surface area (Å²) in [4.78, 5) is 28.6. The molecule has 4 bridgehead atoms. The lowest BCUT2D eigenvalue weighted by Gasteiger charge is -2.57. The van der Waals surface area contributed by atoms with Gasteiger partial charge in [-0.05, 0) is 105 Å². The number of sulfonamides is 1. The van der Waals surface area contributed by atoms with Crippen LogP contribution in [0.1, 0.15) is 81.9 Å². The Morgan fingerprint density at radius 3 is 2.00 bits per heavy atom. The molecule has 2 aromatic rings. The van der Waals surface area contributed by atoms with Crippen LogP contribution in [0.4, 0.5) is 5.69 Å². The van der Waals surface area contributed by atoms with E-state index in [0.29, 0.717) is 18.7 Å². The van der Waals surface area contributed by atoms with E-state index in [1.807, 2.05) is 57.2 Å². The van der Waals surface area contributed by atoms with Gasteiger partial charge in [0.2, 0.25) is 21.8 Å². The molecule has 1 atom stereocenters. The summed E-state index contributed by atoms with van der Waals surface area (Å²) in [5.41, 5.74) is 4.00. The van der Waals surface area contributed by atoms with Crippen LogP contribution in [0.25, 0.3) is 0 Å². The molecule has 1 N–H and O–H groups in total. The first-order chi connectivity index (χ1) is 20.0. The third-order valence-electron chi connectivity index (χ3n) is 9.89. The standard InChI is InChI=1S/C34H47N3O4S/c1-5-15-35-33(39)31(6-2)36(22-25-9-7-24(3)8-10-25)32(38)23-37(42(4,40)41)30-13-11-29(12-14-30)34-19-26-16-27(20-34)18-28(17-26)21-34/h7-14,26-28,31H,5-6,15-23H2,1-4H3,(H,35,39)/t26?,27?,28?,31-,34?/m1/s1. The molecule has 4 fully saturated rings. The van der Waals surface area contributed by atoms with Crippen molar-refractivity contribution >= 4 is 27.5 Å². The number of carbonyl (C=O) groups excluding carboxylic acids is 2. The second-order valence-electron chi connectivity index (χ2n) is 13.2. The normalized spacial score (nSPS) is 25.2. The number of rotatable bonds is 12. The summed E-state index contributed by atoms with van der Waals surface area (Å²) in [6.07, 6.45) is 10.2. The van der Waals surface area contributed by atoms with Crippen LogP contribution in [0, 0.1) is 24.7 Å². The number of nitrogens with zero attached hydrogens (tertiary/aromatic N) is 2. The molecular weight excluding hydrogens is 546 g/mol. The van der Waals surface area contributed by atoms with Crippen molar-refractivity contribution in [1.29, 1.82) is 0 Å². The van der Waals surface area contributed by atoms with Crippen LogP contribution in [-0.2, 0) is 31.6 Å². The molecule has 0 unspecified atom stereocenters. The van der Waals surface area contributed by atoms with Gasteiger partial charge in [-0.15, -0.1) is 0 Å². The average Bonchev–Trinajstić information content (AvgIpc) is 2.94. The van der Waals surface area contributed by atoms with Crippen molar-refractivity contribution in [3.63, 3.8) is 0 Å². The summed E-state index contributed by atoms with van der Waals surface area (Å²) in [5, 5.41) is 2.92. The maximum atomic E-state index is 14.0. The predicted octanol–water partition coefficient (Wildman–Crippen LogP) is 5.56. The Kier molecular flexibility index (Phi) is 9.02. The molecule has 2 aromatic carbocycles. The molecule has 7 nitrogen and oxygen atoms in total. The maximum absolute atomic E-state index is 14.0. The molecule has 0 spiro atoms. The largest absolute Gasteiger partial charge is 0.354 e. The minimum atomic E-state index is -3.76. The summed E-state index contributed by atoms with van der Waals surface area (Å²) >= 11 is 0. The van der Waals surface area contributed by atoms with Crippen molar-refractivity contribution in [3.8, 4) is 0 Å². The van der Waals surface area contributed by atoms with Gasteiger partial charge in [0, 0.05) is 13.1 Å². The molecule has 8 heteroatoms. The second-order valence-corrected chi connectivity index (χ2v) is 15.1. The first-order valence-corrected chi connectivity index (χ1v) is 17.6. The Bertz CT molecular complexity index is 1340. The van der Waals surface area contributed by atoms with Crippen molar-refractivity contribution in [3.05, 3.63) is 65.2 Å². The molecule has 6 rings (SSSR count). The van der Waals surface area contributed by atoms with E-state index in [-0.39, 0.29) is 24.4 Å². The van der Waals surface area contributed by atoms with E-state index in [9.17, 15) is 18.0 Å². The van der Waals surface area contributed by atoms with Gasteiger partial charge in [0.05, 0.1) is 11.9 Å². The first-order valence-electron chi connectivity index (χ1n) is 15.7. The Balaban J connectivity index is 1.39. The van der Waals surface area contributed by atoms with Gasteiger partial charge in [0.15, 0.2) is 0 Å². The fourth-order valence-electron chi connectivity index (χ4n) is 8.23. The van der Waals surface area contributed by atoms with Gasteiger partial charge < -0.3 is 10.2 Å². The van der Waals surface area contributed by atoms with Crippen LogP contribution < -0.4 is 9.62 Å². The molecule has 0 aliphatic heterocycles. The van der Waals surface area contributed by atoms with Crippen LogP contribution in [0.5, 0.6) is 0 Å². The number of amides is 2. The zero-order valence-corrected chi connectivity index (χ0v) is 26.5. The van der Waals surface area contributed by atoms with Crippen molar-refractivity contribution in [1.82, 2.24) is 10.2 Å². The fraction of sp³-hybridized carbons (Fsp3) is 0.588. The maximum Gasteiger partial charge on any atom is 0.244 e. The van der Waals surface area contributed by atoms with Crippen LogP contribution in [0.2, 0.25) is 0 Å². The van der Waals surface area contributed by atoms with Gasteiger partial charge in [0.1, 0.15) is 12.6 Å². The Labute approximate surface area is 252 Å². The van der Waals surface area contributed by atoms with E-state index >= 15 is 0 Å². The molecule has 4 saturated carbocycles. The highest BCUT2D eigenvalue weighted by molar-refractivity contribution is 7.92. The smallest absolute Gasteiger partial charge is 0.244 e. The monoisotopic (exact) mass is 593 g/mol. The van der Waals surface area contributed by atoms with E-state index in [4.69, 9.17) is 0 Å². The highest BCUT2D eigenvalue weighted by Gasteiger charge is 2.51. The lowest BCUT2D eigenvalue weighted by Crippen LogP contribution is -2.52. The number of hydrogen-bond donors (Lipinski definition) is 1. The van der Waals surface area contributed by atoms with Gasteiger partial charge in [-0.1, -0.05) is 55.8 Å². The second kappa shape index (κ2) is 12.4. The third kappa shape index (κ3) is 6.53. The number of anilines is 1. The van der Waals surface area contributed by atoms with Crippen LogP contribution in [-0.4, -0.2) is 50.5 Å². The highest BCUT2D eigenvalue weighted by atomic mass is 32.2. The molecule has 0 aromatic heterocycles. The molecule has 2 amide bonds. The topological polar surface area (TPSA) is 86.8 Å². The van der Waals surface area contributed by atoms with Crippen LogP contribution in [0.15, 0.2) is 48.5 Å². The van der Waals surface area contributed by atoms with Gasteiger partial charge in [-0.3, -0.25) is 13.9 Å². The minimum Gasteiger partial charge on any atom is -0.354 e. The number of hydrogen-bond acceptors (Lipinski definition) is 4. The van der Waals surface area contributed by atoms with E-state index in [1.165, 1.54) is 53.3 Å². The van der Waals surface area contributed by atoms with Gasteiger partial charge in [-0.25, -0.2) is 8.42 Å². The molecule has 0 radical (unpaired) electrons. The van der Waals surface area contributed by atoms with E-state index in [1.54, 1.807) is 0 Å². The lowest BCUT2D eigenvalue weighted by molar-refractivity contribution is -0.140. The van der Waals surface area contributed by atoms with E-state index in [2.05, 4.69) is 17.4 Å². The average molecular weight is 594 g/mol. The highest BCUT2D eigenvalue weighted by Crippen LogP contribution is 2.60. The molecule has 42 heavy (non-hydrogen) atoms.